The highest BCUT2D eigenvalue weighted by Crippen LogP contribution is 1.97. The molecule has 0 fully saturated rings. The molecule has 1 heterocycles. The molecule has 0 radical (unpaired) electrons. The SMILES string of the molecule is Cc1cccc(CNC(C)C(N)=O)n1. The Hall–Kier alpha value is -1.42. The van der Waals surface area contributed by atoms with Crippen LogP contribution < -0.4 is 11.1 Å². The van der Waals surface area contributed by atoms with E-state index in [0.29, 0.717) is 6.54 Å². The molecule has 0 spiro atoms. The van der Waals surface area contributed by atoms with E-state index in [-0.39, 0.29) is 11.9 Å². The van der Waals surface area contributed by atoms with Crippen molar-refractivity contribution in [2.75, 3.05) is 0 Å². The van der Waals surface area contributed by atoms with E-state index in [0.717, 1.165) is 11.4 Å². The molecule has 1 aromatic heterocycles. The highest BCUT2D eigenvalue weighted by molar-refractivity contribution is 5.79. The Bertz CT molecular complexity index is 325. The monoisotopic (exact) mass is 193 g/mol. The third kappa shape index (κ3) is 3.14. The summed E-state index contributed by atoms with van der Waals surface area (Å²) >= 11 is 0. The van der Waals surface area contributed by atoms with Gasteiger partial charge in [-0.05, 0) is 26.0 Å². The summed E-state index contributed by atoms with van der Waals surface area (Å²) < 4.78 is 0. The van der Waals surface area contributed by atoms with Crippen molar-refractivity contribution in [3.8, 4) is 0 Å². The number of carbonyl (C=O) groups excluding carboxylic acids is 1. The molecule has 0 aliphatic heterocycles. The van der Waals surface area contributed by atoms with Crippen molar-refractivity contribution in [3.05, 3.63) is 29.6 Å². The molecule has 0 bridgehead atoms. The van der Waals surface area contributed by atoms with Gasteiger partial charge in [0.05, 0.1) is 11.7 Å². The Labute approximate surface area is 83.5 Å². The van der Waals surface area contributed by atoms with Gasteiger partial charge < -0.3 is 11.1 Å². The zero-order valence-electron chi connectivity index (χ0n) is 8.45. The third-order valence-corrected chi connectivity index (χ3v) is 1.96. The highest BCUT2D eigenvalue weighted by atomic mass is 16.1. The fraction of sp³-hybridized carbons (Fsp3) is 0.400. The summed E-state index contributed by atoms with van der Waals surface area (Å²) in [5, 5.41) is 2.99. The van der Waals surface area contributed by atoms with E-state index in [2.05, 4.69) is 10.3 Å². The summed E-state index contributed by atoms with van der Waals surface area (Å²) in [5.41, 5.74) is 6.99. The van der Waals surface area contributed by atoms with E-state index < -0.39 is 0 Å². The van der Waals surface area contributed by atoms with Crippen LogP contribution in [0.15, 0.2) is 18.2 Å². The molecule has 76 valence electrons. The zero-order chi connectivity index (χ0) is 10.6. The van der Waals surface area contributed by atoms with Crippen LogP contribution in [0.25, 0.3) is 0 Å². The molecule has 0 aromatic carbocycles. The average Bonchev–Trinajstić information content (AvgIpc) is 2.14. The topological polar surface area (TPSA) is 68.0 Å². The first-order valence-corrected chi connectivity index (χ1v) is 4.55. The Kier molecular flexibility index (Phi) is 3.59. The molecule has 0 aliphatic carbocycles. The highest BCUT2D eigenvalue weighted by Gasteiger charge is 2.07. The lowest BCUT2D eigenvalue weighted by Gasteiger charge is -2.09. The number of carbonyl (C=O) groups is 1. The normalized spacial score (nSPS) is 12.4. The lowest BCUT2D eigenvalue weighted by Crippen LogP contribution is -2.38. The van der Waals surface area contributed by atoms with Gasteiger partial charge in [-0.3, -0.25) is 9.78 Å². The molecule has 1 unspecified atom stereocenters. The largest absolute Gasteiger partial charge is 0.368 e. The van der Waals surface area contributed by atoms with Crippen molar-refractivity contribution in [2.24, 2.45) is 5.73 Å². The van der Waals surface area contributed by atoms with E-state index >= 15 is 0 Å². The Morgan fingerprint density at radius 2 is 2.36 bits per heavy atom. The summed E-state index contributed by atoms with van der Waals surface area (Å²) in [6.45, 7) is 4.23. The number of rotatable bonds is 4. The van der Waals surface area contributed by atoms with Crippen LogP contribution in [0.3, 0.4) is 0 Å². The molecule has 14 heavy (non-hydrogen) atoms. The summed E-state index contributed by atoms with van der Waals surface area (Å²) in [4.78, 5) is 15.0. The molecule has 3 N–H and O–H groups in total. The number of nitrogens with one attached hydrogen (secondary N) is 1. The zero-order valence-corrected chi connectivity index (χ0v) is 8.45. The van der Waals surface area contributed by atoms with E-state index in [1.165, 1.54) is 0 Å². The molecule has 4 nitrogen and oxygen atoms in total. The van der Waals surface area contributed by atoms with Gasteiger partial charge in [0.25, 0.3) is 0 Å². The molecular weight excluding hydrogens is 178 g/mol. The Morgan fingerprint density at radius 1 is 1.64 bits per heavy atom. The van der Waals surface area contributed by atoms with Crippen LogP contribution in [-0.2, 0) is 11.3 Å². The molecule has 1 amide bonds. The van der Waals surface area contributed by atoms with E-state index in [4.69, 9.17) is 5.73 Å². The number of nitrogens with zero attached hydrogens (tertiary/aromatic N) is 1. The molecule has 0 saturated heterocycles. The van der Waals surface area contributed by atoms with Crippen LogP contribution in [0.1, 0.15) is 18.3 Å². The Balaban J connectivity index is 2.49. The van der Waals surface area contributed by atoms with Crippen LogP contribution in [0, 0.1) is 6.92 Å². The summed E-state index contributed by atoms with van der Waals surface area (Å²) in [6.07, 6.45) is 0. The van der Waals surface area contributed by atoms with Crippen molar-refractivity contribution in [2.45, 2.75) is 26.4 Å². The maximum atomic E-state index is 10.7. The minimum atomic E-state index is -0.349. The average molecular weight is 193 g/mol. The van der Waals surface area contributed by atoms with Gasteiger partial charge in [-0.15, -0.1) is 0 Å². The summed E-state index contributed by atoms with van der Waals surface area (Å²) in [5.74, 6) is -0.349. The maximum Gasteiger partial charge on any atom is 0.234 e. The smallest absolute Gasteiger partial charge is 0.234 e. The second kappa shape index (κ2) is 4.72. The number of nitrogens with two attached hydrogens (primary N) is 1. The standard InChI is InChI=1S/C10H15N3O/c1-7-4-3-5-9(13-7)6-12-8(2)10(11)14/h3-5,8,12H,6H2,1-2H3,(H2,11,14). The van der Waals surface area contributed by atoms with Crippen LogP contribution in [0.4, 0.5) is 0 Å². The predicted molar refractivity (Wildman–Crippen MR) is 54.5 cm³/mol. The van der Waals surface area contributed by atoms with Crippen LogP contribution in [-0.4, -0.2) is 16.9 Å². The summed E-state index contributed by atoms with van der Waals surface area (Å²) in [7, 11) is 0. The minimum Gasteiger partial charge on any atom is -0.368 e. The van der Waals surface area contributed by atoms with Crippen LogP contribution >= 0.6 is 0 Å². The third-order valence-electron chi connectivity index (χ3n) is 1.96. The van der Waals surface area contributed by atoms with Gasteiger partial charge in [-0.25, -0.2) is 0 Å². The summed E-state index contributed by atoms with van der Waals surface area (Å²) in [6, 6.07) is 5.46. The minimum absolute atomic E-state index is 0.322. The van der Waals surface area contributed by atoms with Crippen LogP contribution in [0.2, 0.25) is 0 Å². The first-order valence-electron chi connectivity index (χ1n) is 4.55. The van der Waals surface area contributed by atoms with Gasteiger partial charge in [0.15, 0.2) is 0 Å². The molecule has 1 rings (SSSR count). The van der Waals surface area contributed by atoms with Crippen LogP contribution in [0.5, 0.6) is 0 Å². The quantitative estimate of drug-likeness (QED) is 0.725. The second-order valence-electron chi connectivity index (χ2n) is 3.28. The fourth-order valence-electron chi connectivity index (χ4n) is 1.06. The number of pyridine rings is 1. The lowest BCUT2D eigenvalue weighted by molar-refractivity contribution is -0.119. The van der Waals surface area contributed by atoms with Crippen molar-refractivity contribution in [3.63, 3.8) is 0 Å². The van der Waals surface area contributed by atoms with Crippen molar-refractivity contribution in [1.82, 2.24) is 10.3 Å². The maximum absolute atomic E-state index is 10.7. The molecule has 0 aliphatic rings. The molecule has 1 atom stereocenters. The first-order chi connectivity index (χ1) is 6.59. The Morgan fingerprint density at radius 3 is 2.93 bits per heavy atom. The van der Waals surface area contributed by atoms with Gasteiger partial charge >= 0.3 is 0 Å². The first kappa shape index (κ1) is 10.7. The van der Waals surface area contributed by atoms with Gasteiger partial charge in [-0.1, -0.05) is 6.07 Å². The van der Waals surface area contributed by atoms with Gasteiger partial charge in [0.1, 0.15) is 0 Å². The molecule has 4 heteroatoms. The number of primary amides is 1. The number of aryl methyl sites for hydroxylation is 1. The van der Waals surface area contributed by atoms with Gasteiger partial charge in [0.2, 0.25) is 5.91 Å². The van der Waals surface area contributed by atoms with E-state index in [1.54, 1.807) is 6.92 Å². The molecular formula is C10H15N3O. The van der Waals surface area contributed by atoms with Gasteiger partial charge in [-0.2, -0.15) is 0 Å². The number of hydrogen-bond acceptors (Lipinski definition) is 3. The van der Waals surface area contributed by atoms with Gasteiger partial charge in [0, 0.05) is 12.2 Å². The number of hydrogen-bond donors (Lipinski definition) is 2. The van der Waals surface area contributed by atoms with E-state index in [9.17, 15) is 4.79 Å². The number of amides is 1. The van der Waals surface area contributed by atoms with Crippen molar-refractivity contribution < 1.29 is 4.79 Å². The van der Waals surface area contributed by atoms with Crippen molar-refractivity contribution >= 4 is 5.91 Å². The molecule has 0 saturated carbocycles. The molecule has 1 aromatic rings. The van der Waals surface area contributed by atoms with E-state index in [1.807, 2.05) is 25.1 Å². The fourth-order valence-corrected chi connectivity index (χ4v) is 1.06. The van der Waals surface area contributed by atoms with Crippen molar-refractivity contribution in [1.29, 1.82) is 0 Å². The lowest BCUT2D eigenvalue weighted by atomic mass is 10.3. The predicted octanol–water partition coefficient (Wildman–Crippen LogP) is 0.353. The second-order valence-corrected chi connectivity index (χ2v) is 3.28. The number of aromatic nitrogens is 1.